The Kier molecular flexibility index (Phi) is 2.85. The van der Waals surface area contributed by atoms with Gasteiger partial charge in [-0.2, -0.15) is 0 Å². The highest BCUT2D eigenvalue weighted by Crippen LogP contribution is 2.29. The Bertz CT molecular complexity index is 1010. The smallest absolute Gasteiger partial charge is 0.228 e. The summed E-state index contributed by atoms with van der Waals surface area (Å²) in [6, 6.07) is 25.0. The van der Waals surface area contributed by atoms with Crippen LogP contribution in [0, 0.1) is 0 Å². The molecule has 0 unspecified atom stereocenters. The Hall–Kier alpha value is -3.20. The average molecular weight is 309 g/mol. The maximum absolute atomic E-state index is 4.89. The zero-order valence-electron chi connectivity index (χ0n) is 13.0. The Morgan fingerprint density at radius 1 is 0.750 bits per heavy atom. The lowest BCUT2D eigenvalue weighted by Crippen LogP contribution is -2.15. The van der Waals surface area contributed by atoms with Crippen LogP contribution in [0.5, 0.6) is 0 Å². The van der Waals surface area contributed by atoms with Crippen LogP contribution in [0.4, 0.5) is 5.95 Å². The standard InChI is InChI=1S/C21H15N3/c1-3-9-16-14(7-1)13-15-8-2-4-10-17(15)20(16)24-21-22-18-11-5-6-12-19(18)23-21/h1-12H,13H2,(H,22,23). The van der Waals surface area contributed by atoms with E-state index in [2.05, 4.69) is 58.5 Å². The highest BCUT2D eigenvalue weighted by atomic mass is 15.1. The maximum atomic E-state index is 4.89. The van der Waals surface area contributed by atoms with Gasteiger partial charge in [0.05, 0.1) is 16.7 Å². The molecule has 0 aliphatic heterocycles. The molecule has 1 aromatic heterocycles. The zero-order chi connectivity index (χ0) is 15.9. The van der Waals surface area contributed by atoms with Gasteiger partial charge in [-0.1, -0.05) is 60.7 Å². The molecule has 0 spiro atoms. The number of benzene rings is 3. The van der Waals surface area contributed by atoms with Crippen LogP contribution < -0.4 is 0 Å². The van der Waals surface area contributed by atoms with Crippen molar-refractivity contribution in [3.63, 3.8) is 0 Å². The van der Waals surface area contributed by atoms with Crippen molar-refractivity contribution >= 4 is 22.7 Å². The number of aromatic nitrogens is 2. The molecule has 0 saturated carbocycles. The van der Waals surface area contributed by atoms with Crippen LogP contribution in [0.25, 0.3) is 11.0 Å². The fourth-order valence-electron chi connectivity index (χ4n) is 3.38. The number of rotatable bonds is 1. The Labute approximate surface area is 139 Å². The Morgan fingerprint density at radius 3 is 2.08 bits per heavy atom. The molecule has 0 saturated heterocycles. The molecule has 3 nitrogen and oxygen atoms in total. The van der Waals surface area contributed by atoms with E-state index in [0.717, 1.165) is 23.2 Å². The van der Waals surface area contributed by atoms with Gasteiger partial charge in [-0.25, -0.2) is 9.98 Å². The predicted molar refractivity (Wildman–Crippen MR) is 97.1 cm³/mol. The second-order valence-electron chi connectivity index (χ2n) is 6.03. The van der Waals surface area contributed by atoms with E-state index in [1.54, 1.807) is 0 Å². The van der Waals surface area contributed by atoms with Crippen molar-refractivity contribution in [2.45, 2.75) is 6.42 Å². The molecule has 24 heavy (non-hydrogen) atoms. The van der Waals surface area contributed by atoms with Crippen molar-refractivity contribution in [2.75, 3.05) is 0 Å². The van der Waals surface area contributed by atoms with Crippen LogP contribution in [0.15, 0.2) is 77.8 Å². The quantitative estimate of drug-likeness (QED) is 0.481. The molecule has 1 N–H and O–H groups in total. The first kappa shape index (κ1) is 13.3. The van der Waals surface area contributed by atoms with Crippen molar-refractivity contribution in [3.05, 3.63) is 95.1 Å². The molecule has 1 heterocycles. The van der Waals surface area contributed by atoms with Crippen LogP contribution >= 0.6 is 0 Å². The van der Waals surface area contributed by atoms with E-state index in [4.69, 9.17) is 4.99 Å². The minimum atomic E-state index is 0.651. The molecule has 3 heteroatoms. The van der Waals surface area contributed by atoms with Gasteiger partial charge in [0.15, 0.2) is 0 Å². The second kappa shape index (κ2) is 5.17. The lowest BCUT2D eigenvalue weighted by Gasteiger charge is -2.21. The number of hydrogen-bond donors (Lipinski definition) is 1. The number of hydrogen-bond acceptors (Lipinski definition) is 2. The second-order valence-corrected chi connectivity index (χ2v) is 6.03. The summed E-state index contributed by atoms with van der Waals surface area (Å²) in [5.41, 5.74) is 7.94. The summed E-state index contributed by atoms with van der Waals surface area (Å²) in [5.74, 6) is 0.651. The molecule has 0 bridgehead atoms. The van der Waals surface area contributed by atoms with E-state index in [1.165, 1.54) is 22.3 Å². The number of aliphatic imine (C=N–C) groups is 1. The van der Waals surface area contributed by atoms with E-state index >= 15 is 0 Å². The number of fused-ring (bicyclic) bond motifs is 3. The predicted octanol–water partition coefficient (Wildman–Crippen LogP) is 4.64. The minimum Gasteiger partial charge on any atom is -0.322 e. The van der Waals surface area contributed by atoms with E-state index in [9.17, 15) is 0 Å². The Balaban J connectivity index is 1.74. The summed E-state index contributed by atoms with van der Waals surface area (Å²) in [6.45, 7) is 0. The molecule has 1 aliphatic rings. The normalized spacial score (nSPS) is 12.8. The molecular weight excluding hydrogens is 294 g/mol. The molecule has 0 radical (unpaired) electrons. The summed E-state index contributed by atoms with van der Waals surface area (Å²) in [4.78, 5) is 12.8. The zero-order valence-corrected chi connectivity index (χ0v) is 13.0. The van der Waals surface area contributed by atoms with Crippen molar-refractivity contribution in [3.8, 4) is 0 Å². The lowest BCUT2D eigenvalue weighted by atomic mass is 9.84. The van der Waals surface area contributed by atoms with Gasteiger partial charge in [-0.3, -0.25) is 0 Å². The van der Waals surface area contributed by atoms with Crippen LogP contribution in [-0.2, 0) is 6.42 Å². The van der Waals surface area contributed by atoms with Gasteiger partial charge in [-0.05, 0) is 29.7 Å². The van der Waals surface area contributed by atoms with Gasteiger partial charge in [0.25, 0.3) is 0 Å². The number of imidazole rings is 1. The molecule has 3 aromatic carbocycles. The van der Waals surface area contributed by atoms with Crippen molar-refractivity contribution < 1.29 is 0 Å². The summed E-state index contributed by atoms with van der Waals surface area (Å²) < 4.78 is 0. The molecular formula is C21H15N3. The summed E-state index contributed by atoms with van der Waals surface area (Å²) in [6.07, 6.45) is 0.950. The van der Waals surface area contributed by atoms with E-state index < -0.39 is 0 Å². The lowest BCUT2D eigenvalue weighted by molar-refractivity contribution is 1.14. The highest BCUT2D eigenvalue weighted by molar-refractivity contribution is 6.16. The van der Waals surface area contributed by atoms with Gasteiger partial charge < -0.3 is 4.98 Å². The average Bonchev–Trinajstić information content (AvgIpc) is 3.04. The third-order valence-electron chi connectivity index (χ3n) is 4.52. The molecule has 0 atom stereocenters. The van der Waals surface area contributed by atoms with Crippen LogP contribution in [0.3, 0.4) is 0 Å². The fraction of sp³-hybridized carbons (Fsp3) is 0.0476. The van der Waals surface area contributed by atoms with Gasteiger partial charge in [0, 0.05) is 11.1 Å². The first-order chi connectivity index (χ1) is 11.9. The molecule has 5 rings (SSSR count). The van der Waals surface area contributed by atoms with Crippen molar-refractivity contribution in [2.24, 2.45) is 4.99 Å². The molecule has 0 amide bonds. The molecule has 4 aromatic rings. The summed E-state index contributed by atoms with van der Waals surface area (Å²) >= 11 is 0. The molecule has 114 valence electrons. The Morgan fingerprint density at radius 2 is 1.38 bits per heavy atom. The summed E-state index contributed by atoms with van der Waals surface area (Å²) in [5, 5.41) is 0. The van der Waals surface area contributed by atoms with Crippen LogP contribution in [0.2, 0.25) is 0 Å². The van der Waals surface area contributed by atoms with Crippen LogP contribution in [0.1, 0.15) is 22.3 Å². The topological polar surface area (TPSA) is 41.0 Å². The third kappa shape index (κ3) is 2.06. The SMILES string of the molecule is c1ccc2c(c1)Cc1ccccc1C2=Nc1nc2ccccc2[nH]1. The largest absolute Gasteiger partial charge is 0.322 e. The first-order valence-corrected chi connectivity index (χ1v) is 8.08. The number of aromatic amines is 1. The van der Waals surface area contributed by atoms with Crippen LogP contribution in [-0.4, -0.2) is 15.7 Å². The third-order valence-corrected chi connectivity index (χ3v) is 4.52. The first-order valence-electron chi connectivity index (χ1n) is 8.08. The highest BCUT2D eigenvalue weighted by Gasteiger charge is 2.21. The number of nitrogens with zero attached hydrogens (tertiary/aromatic N) is 2. The van der Waals surface area contributed by atoms with Crippen molar-refractivity contribution in [1.82, 2.24) is 9.97 Å². The van der Waals surface area contributed by atoms with Crippen molar-refractivity contribution in [1.29, 1.82) is 0 Å². The van der Waals surface area contributed by atoms with Gasteiger partial charge in [0.2, 0.25) is 5.95 Å². The monoisotopic (exact) mass is 309 g/mol. The summed E-state index contributed by atoms with van der Waals surface area (Å²) in [7, 11) is 0. The van der Waals surface area contributed by atoms with E-state index in [0.29, 0.717) is 5.95 Å². The number of nitrogens with one attached hydrogen (secondary N) is 1. The van der Waals surface area contributed by atoms with E-state index in [1.807, 2.05) is 24.3 Å². The minimum absolute atomic E-state index is 0.651. The molecule has 1 aliphatic carbocycles. The number of H-pyrrole nitrogens is 1. The van der Waals surface area contributed by atoms with Gasteiger partial charge in [0.1, 0.15) is 0 Å². The number of para-hydroxylation sites is 2. The molecule has 0 fully saturated rings. The van der Waals surface area contributed by atoms with Gasteiger partial charge in [-0.15, -0.1) is 0 Å². The van der Waals surface area contributed by atoms with E-state index in [-0.39, 0.29) is 0 Å². The maximum Gasteiger partial charge on any atom is 0.228 e. The van der Waals surface area contributed by atoms with Gasteiger partial charge >= 0.3 is 0 Å². The fourth-order valence-corrected chi connectivity index (χ4v) is 3.38.